The van der Waals surface area contributed by atoms with E-state index in [9.17, 15) is 13.6 Å². The molecule has 0 aromatic carbocycles. The Balaban J connectivity index is 2.62. The third-order valence-corrected chi connectivity index (χ3v) is 2.05. The van der Waals surface area contributed by atoms with Crippen LogP contribution in [0, 0.1) is 17.4 Å². The predicted octanol–water partition coefficient (Wildman–Crippen LogP) is 0.971. The van der Waals surface area contributed by atoms with Crippen LogP contribution < -0.4 is 0 Å². The maximum atomic E-state index is 12.6. The van der Waals surface area contributed by atoms with Crippen LogP contribution in [0.25, 0.3) is 0 Å². The zero-order valence-electron chi connectivity index (χ0n) is 6.55. The minimum atomic E-state index is -2.90. The molecular weight excluding hydrogens is 166 g/mol. The van der Waals surface area contributed by atoms with Gasteiger partial charge in [-0.05, 0) is 6.42 Å². The van der Waals surface area contributed by atoms with Crippen molar-refractivity contribution in [3.8, 4) is 6.19 Å². The summed E-state index contributed by atoms with van der Waals surface area (Å²) in [5.74, 6) is -4.96. The molecule has 0 bridgehead atoms. The summed E-state index contributed by atoms with van der Waals surface area (Å²) >= 11 is 0. The lowest BCUT2D eigenvalue weighted by molar-refractivity contribution is -0.168. The zero-order chi connectivity index (χ0) is 9.35. The minimum absolute atomic E-state index is 0.178. The molecule has 1 unspecified atom stereocenters. The van der Waals surface area contributed by atoms with Gasteiger partial charge in [0.2, 0.25) is 5.91 Å². The molecule has 1 aliphatic rings. The number of amides is 1. The molecule has 0 radical (unpaired) electrons. The van der Waals surface area contributed by atoms with Crippen molar-refractivity contribution in [3.63, 3.8) is 0 Å². The van der Waals surface area contributed by atoms with E-state index in [1.165, 1.54) is 13.2 Å². The van der Waals surface area contributed by atoms with Gasteiger partial charge in [-0.1, -0.05) is 0 Å². The first-order valence-electron chi connectivity index (χ1n) is 3.54. The van der Waals surface area contributed by atoms with Crippen LogP contribution in [0.1, 0.15) is 12.8 Å². The molecule has 0 saturated heterocycles. The summed E-state index contributed by atoms with van der Waals surface area (Å²) in [4.78, 5) is 11.6. The van der Waals surface area contributed by atoms with Crippen molar-refractivity contribution >= 4 is 5.91 Å². The molecule has 1 atom stereocenters. The molecule has 1 amide bonds. The maximum absolute atomic E-state index is 12.6. The van der Waals surface area contributed by atoms with Crippen LogP contribution in [0.15, 0.2) is 0 Å². The van der Waals surface area contributed by atoms with Gasteiger partial charge in [0.05, 0.1) is 0 Å². The van der Waals surface area contributed by atoms with Crippen molar-refractivity contribution in [2.75, 3.05) is 7.05 Å². The van der Waals surface area contributed by atoms with Crippen molar-refractivity contribution in [1.82, 2.24) is 4.90 Å². The highest BCUT2D eigenvalue weighted by Crippen LogP contribution is 2.44. The molecule has 1 aliphatic carbocycles. The Morgan fingerprint density at radius 1 is 1.75 bits per heavy atom. The van der Waals surface area contributed by atoms with E-state index in [1.807, 2.05) is 0 Å². The highest BCUT2D eigenvalue weighted by molar-refractivity contribution is 5.81. The Hall–Kier alpha value is -1.18. The summed E-state index contributed by atoms with van der Waals surface area (Å²) in [6, 6.07) is 0. The summed E-state index contributed by atoms with van der Waals surface area (Å²) in [5, 5.41) is 8.25. The van der Waals surface area contributed by atoms with Gasteiger partial charge in [-0.25, -0.2) is 8.78 Å². The Bertz CT molecular complexity index is 246. The van der Waals surface area contributed by atoms with Gasteiger partial charge >= 0.3 is 0 Å². The molecule has 0 heterocycles. The second kappa shape index (κ2) is 2.70. The third kappa shape index (κ3) is 1.24. The van der Waals surface area contributed by atoms with Crippen LogP contribution in [0.5, 0.6) is 0 Å². The number of hydrogen-bond donors (Lipinski definition) is 0. The lowest BCUT2D eigenvalue weighted by atomic mass is 9.80. The summed E-state index contributed by atoms with van der Waals surface area (Å²) in [7, 11) is 1.19. The molecule has 0 spiro atoms. The fraction of sp³-hybridized carbons (Fsp3) is 0.714. The van der Waals surface area contributed by atoms with Crippen molar-refractivity contribution in [2.45, 2.75) is 18.8 Å². The molecule has 3 nitrogen and oxygen atoms in total. The highest BCUT2D eigenvalue weighted by atomic mass is 19.3. The molecule has 5 heteroatoms. The van der Waals surface area contributed by atoms with E-state index in [0.29, 0.717) is 4.90 Å². The van der Waals surface area contributed by atoms with Gasteiger partial charge < -0.3 is 0 Å². The Morgan fingerprint density at radius 3 is 2.58 bits per heavy atom. The van der Waals surface area contributed by atoms with Crippen molar-refractivity contribution in [2.24, 2.45) is 5.92 Å². The van der Waals surface area contributed by atoms with Crippen LogP contribution in [0.4, 0.5) is 8.78 Å². The lowest BCUT2D eigenvalue weighted by Gasteiger charge is -2.35. The third-order valence-electron chi connectivity index (χ3n) is 2.05. The Labute approximate surface area is 68.6 Å². The topological polar surface area (TPSA) is 44.1 Å². The average molecular weight is 174 g/mol. The number of carbonyl (C=O) groups is 1. The fourth-order valence-electron chi connectivity index (χ4n) is 1.09. The van der Waals surface area contributed by atoms with E-state index in [2.05, 4.69) is 0 Å². The normalized spacial score (nSPS) is 25.3. The molecular formula is C7H8F2N2O. The second-order valence-corrected chi connectivity index (χ2v) is 2.85. The minimum Gasteiger partial charge on any atom is -0.273 e. The summed E-state index contributed by atoms with van der Waals surface area (Å²) in [6.45, 7) is 0. The molecule has 66 valence electrons. The van der Waals surface area contributed by atoms with E-state index >= 15 is 0 Å². The highest BCUT2D eigenvalue weighted by Gasteiger charge is 2.53. The number of hydrogen-bond acceptors (Lipinski definition) is 2. The maximum Gasteiger partial charge on any atom is 0.259 e. The van der Waals surface area contributed by atoms with Gasteiger partial charge in [0, 0.05) is 13.5 Å². The van der Waals surface area contributed by atoms with E-state index in [0.717, 1.165) is 0 Å². The van der Waals surface area contributed by atoms with Crippen LogP contribution >= 0.6 is 0 Å². The van der Waals surface area contributed by atoms with Gasteiger partial charge in [-0.2, -0.15) is 5.26 Å². The molecule has 12 heavy (non-hydrogen) atoms. The number of nitriles is 1. The summed E-state index contributed by atoms with van der Waals surface area (Å²) in [6.07, 6.45) is 1.43. The molecule has 1 fully saturated rings. The molecule has 0 aromatic heterocycles. The Morgan fingerprint density at radius 2 is 2.33 bits per heavy atom. The van der Waals surface area contributed by atoms with Crippen molar-refractivity contribution in [1.29, 1.82) is 5.26 Å². The van der Waals surface area contributed by atoms with Gasteiger partial charge in [-0.3, -0.25) is 9.69 Å². The van der Waals surface area contributed by atoms with E-state index in [-0.39, 0.29) is 12.8 Å². The lowest BCUT2D eigenvalue weighted by Crippen LogP contribution is -2.48. The van der Waals surface area contributed by atoms with Crippen LogP contribution in [0.3, 0.4) is 0 Å². The van der Waals surface area contributed by atoms with Gasteiger partial charge in [-0.15, -0.1) is 0 Å². The van der Waals surface area contributed by atoms with Gasteiger partial charge in [0.1, 0.15) is 5.92 Å². The van der Waals surface area contributed by atoms with Crippen LogP contribution in [0.2, 0.25) is 0 Å². The summed E-state index contributed by atoms with van der Waals surface area (Å²) < 4.78 is 25.2. The standard InChI is InChI=1S/C7H8F2N2O/c1-11(4-10)6(12)5-2-3-7(5,8)9/h5H,2-3H2,1H3. The van der Waals surface area contributed by atoms with E-state index in [1.54, 1.807) is 0 Å². The van der Waals surface area contributed by atoms with Crippen LogP contribution in [-0.4, -0.2) is 23.8 Å². The molecule has 1 rings (SSSR count). The van der Waals surface area contributed by atoms with Crippen molar-refractivity contribution in [3.05, 3.63) is 0 Å². The first kappa shape index (κ1) is 8.91. The zero-order valence-corrected chi connectivity index (χ0v) is 6.55. The first-order chi connectivity index (χ1) is 5.49. The largest absolute Gasteiger partial charge is 0.273 e. The number of carbonyl (C=O) groups excluding carboxylic acids is 1. The molecule has 0 aromatic rings. The molecule has 0 N–H and O–H groups in total. The molecule has 0 aliphatic heterocycles. The average Bonchev–Trinajstić information content (AvgIpc) is 2.01. The van der Waals surface area contributed by atoms with Gasteiger partial charge in [0.25, 0.3) is 5.92 Å². The molecule has 1 saturated carbocycles. The van der Waals surface area contributed by atoms with E-state index in [4.69, 9.17) is 5.26 Å². The smallest absolute Gasteiger partial charge is 0.259 e. The first-order valence-corrected chi connectivity index (χ1v) is 3.54. The fourth-order valence-corrected chi connectivity index (χ4v) is 1.09. The number of alkyl halides is 2. The van der Waals surface area contributed by atoms with Crippen molar-refractivity contribution < 1.29 is 13.6 Å². The monoisotopic (exact) mass is 174 g/mol. The Kier molecular flexibility index (Phi) is 2.01. The quantitative estimate of drug-likeness (QED) is 0.439. The number of rotatable bonds is 1. The van der Waals surface area contributed by atoms with Crippen LogP contribution in [-0.2, 0) is 4.79 Å². The summed E-state index contributed by atoms with van der Waals surface area (Å²) in [5.41, 5.74) is 0. The second-order valence-electron chi connectivity index (χ2n) is 2.85. The van der Waals surface area contributed by atoms with Gasteiger partial charge in [0.15, 0.2) is 6.19 Å². The number of nitrogens with zero attached hydrogens (tertiary/aromatic N) is 2. The predicted molar refractivity (Wildman–Crippen MR) is 36.1 cm³/mol. The number of halogens is 2. The SMILES string of the molecule is CN(C#N)C(=O)C1CCC1(F)F. The van der Waals surface area contributed by atoms with E-state index < -0.39 is 17.7 Å².